The molecule has 31 heavy (non-hydrogen) atoms. The molecule has 1 heterocycles. The number of anilines is 2. The molecule has 9 nitrogen and oxygen atoms in total. The number of rotatable bonds is 4. The molecule has 0 unspecified atom stereocenters. The van der Waals surface area contributed by atoms with Gasteiger partial charge in [0.15, 0.2) is 0 Å². The van der Waals surface area contributed by atoms with Gasteiger partial charge in [0.2, 0.25) is 5.91 Å². The number of urea groups is 1. The van der Waals surface area contributed by atoms with Crippen LogP contribution in [0.5, 0.6) is 0 Å². The lowest BCUT2D eigenvalue weighted by molar-refractivity contribution is -0.134. The highest BCUT2D eigenvalue weighted by atomic mass is 19.1. The summed E-state index contributed by atoms with van der Waals surface area (Å²) < 4.78 is 18.9. The quantitative estimate of drug-likeness (QED) is 0.628. The number of halogens is 1. The summed E-state index contributed by atoms with van der Waals surface area (Å²) in [5.41, 5.74) is -1.58. The van der Waals surface area contributed by atoms with E-state index in [1.165, 1.54) is 6.07 Å². The van der Waals surface area contributed by atoms with E-state index in [9.17, 15) is 23.6 Å². The second kappa shape index (κ2) is 8.52. The molecule has 1 aliphatic heterocycles. The zero-order valence-electron chi connectivity index (χ0n) is 17.8. The van der Waals surface area contributed by atoms with Crippen molar-refractivity contribution in [3.8, 4) is 0 Å². The summed E-state index contributed by atoms with van der Waals surface area (Å²) in [6.07, 6.45) is 2.97. The Morgan fingerprint density at radius 3 is 2.45 bits per heavy atom. The first-order valence-electron chi connectivity index (χ1n) is 10.2. The van der Waals surface area contributed by atoms with Gasteiger partial charge in [0.1, 0.15) is 23.5 Å². The maximum Gasteiger partial charge on any atom is 0.412 e. The zero-order valence-corrected chi connectivity index (χ0v) is 17.8. The molecule has 0 atom stereocenters. The number of carbonyl (C=O) groups is 4. The van der Waals surface area contributed by atoms with Crippen LogP contribution in [0.2, 0.25) is 0 Å². The number of hydrogen-bond donors (Lipinski definition) is 3. The number of nitrogens with one attached hydrogen (secondary N) is 3. The standard InChI is InChI=1S/C21H27FN4O5/c1-20(2,3)31-19(30)24-14-8-7-13(22)11-15(14)23-16(27)12-26-17(28)21(25-18(26)29)9-5-4-6-10-21/h7-8,11H,4-6,9-10,12H2,1-3H3,(H,23,27)(H,24,30)(H,25,29). The summed E-state index contributed by atoms with van der Waals surface area (Å²) in [7, 11) is 0. The number of hydrogen-bond acceptors (Lipinski definition) is 5. The highest BCUT2D eigenvalue weighted by Crippen LogP contribution is 2.33. The fraction of sp³-hybridized carbons (Fsp3) is 0.524. The van der Waals surface area contributed by atoms with Crippen LogP contribution in [0.25, 0.3) is 0 Å². The number of imide groups is 1. The molecule has 10 heteroatoms. The third-order valence-corrected chi connectivity index (χ3v) is 5.15. The number of benzene rings is 1. The second-order valence-electron chi connectivity index (χ2n) is 8.83. The van der Waals surface area contributed by atoms with Gasteiger partial charge in [-0.3, -0.25) is 19.8 Å². The van der Waals surface area contributed by atoms with Crippen molar-refractivity contribution in [3.05, 3.63) is 24.0 Å². The van der Waals surface area contributed by atoms with E-state index in [4.69, 9.17) is 4.74 Å². The molecule has 0 bridgehead atoms. The number of ether oxygens (including phenoxy) is 1. The van der Waals surface area contributed by atoms with Crippen LogP contribution in [0.4, 0.5) is 25.4 Å². The van der Waals surface area contributed by atoms with Crippen molar-refractivity contribution in [2.45, 2.75) is 64.0 Å². The molecule has 0 aromatic heterocycles. The van der Waals surface area contributed by atoms with Crippen molar-refractivity contribution in [2.24, 2.45) is 0 Å². The topological polar surface area (TPSA) is 117 Å². The Morgan fingerprint density at radius 1 is 1.13 bits per heavy atom. The third-order valence-electron chi connectivity index (χ3n) is 5.15. The van der Waals surface area contributed by atoms with E-state index in [0.29, 0.717) is 12.8 Å². The van der Waals surface area contributed by atoms with E-state index in [2.05, 4.69) is 16.0 Å². The molecule has 1 saturated carbocycles. The van der Waals surface area contributed by atoms with Crippen LogP contribution in [-0.2, 0) is 14.3 Å². The molecule has 3 rings (SSSR count). The van der Waals surface area contributed by atoms with Crippen molar-refractivity contribution >= 4 is 35.3 Å². The van der Waals surface area contributed by atoms with Gasteiger partial charge in [-0.1, -0.05) is 19.3 Å². The smallest absolute Gasteiger partial charge is 0.412 e. The van der Waals surface area contributed by atoms with Gasteiger partial charge < -0.3 is 15.4 Å². The molecular weight excluding hydrogens is 407 g/mol. The third kappa shape index (κ3) is 5.31. The van der Waals surface area contributed by atoms with Gasteiger partial charge >= 0.3 is 12.1 Å². The number of amides is 5. The molecular formula is C21H27FN4O5. The van der Waals surface area contributed by atoms with Crippen LogP contribution < -0.4 is 16.0 Å². The molecule has 1 aromatic carbocycles. The first kappa shape index (κ1) is 22.5. The highest BCUT2D eigenvalue weighted by molar-refractivity contribution is 6.10. The molecule has 168 valence electrons. The maximum absolute atomic E-state index is 13.7. The molecule has 1 spiro atoms. The predicted octanol–water partition coefficient (Wildman–Crippen LogP) is 3.37. The van der Waals surface area contributed by atoms with Gasteiger partial charge in [0.05, 0.1) is 11.4 Å². The Bertz CT molecular complexity index is 906. The molecule has 2 fully saturated rings. The Hall–Kier alpha value is -3.17. The van der Waals surface area contributed by atoms with Gasteiger partial charge in [-0.15, -0.1) is 0 Å². The van der Waals surface area contributed by atoms with Gasteiger partial charge in [0, 0.05) is 0 Å². The van der Waals surface area contributed by atoms with Crippen LogP contribution in [0.1, 0.15) is 52.9 Å². The average molecular weight is 434 g/mol. The largest absolute Gasteiger partial charge is 0.444 e. The minimum atomic E-state index is -0.933. The van der Waals surface area contributed by atoms with Crippen molar-refractivity contribution in [1.82, 2.24) is 10.2 Å². The van der Waals surface area contributed by atoms with Crippen LogP contribution in [0.15, 0.2) is 18.2 Å². The predicted molar refractivity (Wildman–Crippen MR) is 111 cm³/mol. The minimum absolute atomic E-state index is 0.0182. The lowest BCUT2D eigenvalue weighted by Crippen LogP contribution is -2.48. The maximum atomic E-state index is 13.7. The highest BCUT2D eigenvalue weighted by Gasteiger charge is 2.51. The summed E-state index contributed by atoms with van der Waals surface area (Å²) >= 11 is 0. The summed E-state index contributed by atoms with van der Waals surface area (Å²) in [6, 6.07) is 2.80. The van der Waals surface area contributed by atoms with E-state index >= 15 is 0 Å². The SMILES string of the molecule is CC(C)(C)OC(=O)Nc1ccc(F)cc1NC(=O)CN1C(=O)NC2(CCCCC2)C1=O. The fourth-order valence-electron chi connectivity index (χ4n) is 3.79. The zero-order chi connectivity index (χ0) is 22.8. The Morgan fingerprint density at radius 2 is 1.81 bits per heavy atom. The Balaban J connectivity index is 1.69. The molecule has 5 amide bonds. The Labute approximate surface area is 179 Å². The number of carbonyl (C=O) groups excluding carboxylic acids is 4. The summed E-state index contributed by atoms with van der Waals surface area (Å²) in [4.78, 5) is 50.6. The van der Waals surface area contributed by atoms with E-state index < -0.39 is 47.4 Å². The average Bonchev–Trinajstić information content (AvgIpc) is 2.87. The monoisotopic (exact) mass is 434 g/mol. The van der Waals surface area contributed by atoms with Crippen LogP contribution in [0.3, 0.4) is 0 Å². The molecule has 1 aromatic rings. The first-order valence-corrected chi connectivity index (χ1v) is 10.2. The van der Waals surface area contributed by atoms with Gasteiger partial charge in [0.25, 0.3) is 5.91 Å². The fourth-order valence-corrected chi connectivity index (χ4v) is 3.79. The van der Waals surface area contributed by atoms with Crippen LogP contribution in [-0.4, -0.2) is 46.5 Å². The lowest BCUT2D eigenvalue weighted by atomic mass is 9.82. The normalized spacial score (nSPS) is 18.0. The van der Waals surface area contributed by atoms with Crippen molar-refractivity contribution in [3.63, 3.8) is 0 Å². The van der Waals surface area contributed by atoms with Gasteiger partial charge in [-0.2, -0.15) is 0 Å². The lowest BCUT2D eigenvalue weighted by Gasteiger charge is -2.30. The summed E-state index contributed by atoms with van der Waals surface area (Å²) in [6.45, 7) is 4.56. The molecule has 1 saturated heterocycles. The van der Waals surface area contributed by atoms with Crippen molar-refractivity contribution < 1.29 is 28.3 Å². The molecule has 3 N–H and O–H groups in total. The van der Waals surface area contributed by atoms with E-state index in [-0.39, 0.29) is 11.4 Å². The van der Waals surface area contributed by atoms with Gasteiger partial charge in [-0.05, 0) is 51.8 Å². The summed E-state index contributed by atoms with van der Waals surface area (Å²) in [5, 5.41) is 7.64. The summed E-state index contributed by atoms with van der Waals surface area (Å²) in [5.74, 6) is -1.76. The molecule has 2 aliphatic rings. The van der Waals surface area contributed by atoms with Gasteiger partial charge in [-0.25, -0.2) is 14.0 Å². The van der Waals surface area contributed by atoms with Crippen LogP contribution in [0, 0.1) is 5.82 Å². The molecule has 0 radical (unpaired) electrons. The number of nitrogens with zero attached hydrogens (tertiary/aromatic N) is 1. The first-order chi connectivity index (χ1) is 14.5. The van der Waals surface area contributed by atoms with E-state index in [0.717, 1.165) is 36.3 Å². The minimum Gasteiger partial charge on any atom is -0.444 e. The van der Waals surface area contributed by atoms with Crippen molar-refractivity contribution in [1.29, 1.82) is 0 Å². The van der Waals surface area contributed by atoms with E-state index in [1.807, 2.05) is 0 Å². The Kier molecular flexibility index (Phi) is 6.19. The van der Waals surface area contributed by atoms with Crippen molar-refractivity contribution in [2.75, 3.05) is 17.2 Å². The molecule has 1 aliphatic carbocycles. The second-order valence-corrected chi connectivity index (χ2v) is 8.83. The van der Waals surface area contributed by atoms with Crippen LogP contribution >= 0.6 is 0 Å². The van der Waals surface area contributed by atoms with E-state index in [1.54, 1.807) is 20.8 Å².